The lowest BCUT2D eigenvalue weighted by atomic mass is 10.0. The number of likely N-dealkylation sites (N-methyl/N-ethyl adjacent to an activating group) is 1. The van der Waals surface area contributed by atoms with Gasteiger partial charge in [0, 0.05) is 56.6 Å². The monoisotopic (exact) mass is 528 g/mol. The van der Waals surface area contributed by atoms with Crippen LogP contribution in [0.5, 0.6) is 11.5 Å². The van der Waals surface area contributed by atoms with E-state index in [0.29, 0.717) is 43.2 Å². The first-order chi connectivity index (χ1) is 19.0. The molecule has 10 heteroatoms. The lowest BCUT2D eigenvalue weighted by Crippen LogP contribution is -2.63. The minimum Gasteiger partial charge on any atom is -0.493 e. The van der Waals surface area contributed by atoms with Gasteiger partial charge in [-0.15, -0.1) is 0 Å². The van der Waals surface area contributed by atoms with Gasteiger partial charge >= 0.3 is 0 Å². The fraction of sp³-hybridized carbons (Fsp3) is 0.345. The smallest absolute Gasteiger partial charge is 0.236 e. The minimum atomic E-state index is -0.381. The number of halogens is 1. The summed E-state index contributed by atoms with van der Waals surface area (Å²) in [6, 6.07) is 13.2. The van der Waals surface area contributed by atoms with Crippen LogP contribution in [0.3, 0.4) is 0 Å². The molecule has 2 aromatic heterocycles. The largest absolute Gasteiger partial charge is 0.493 e. The van der Waals surface area contributed by atoms with E-state index in [0.717, 1.165) is 59.8 Å². The molecule has 2 aromatic carbocycles. The van der Waals surface area contributed by atoms with Gasteiger partial charge in [-0.1, -0.05) is 12.1 Å². The molecule has 0 aliphatic carbocycles. The fourth-order valence-electron chi connectivity index (χ4n) is 5.81. The molecule has 4 aromatic rings. The number of pyridine rings is 1. The number of ether oxygens (including phenoxy) is 2. The van der Waals surface area contributed by atoms with Crippen LogP contribution in [0.4, 0.5) is 10.1 Å². The number of fused-ring (bicyclic) bond motifs is 7. The Morgan fingerprint density at radius 2 is 1.92 bits per heavy atom. The zero-order valence-corrected chi connectivity index (χ0v) is 21.7. The minimum absolute atomic E-state index is 0.179. The van der Waals surface area contributed by atoms with Crippen molar-refractivity contribution in [2.45, 2.75) is 12.5 Å². The molecule has 0 spiro atoms. The number of carbonyl (C=O) groups excluding carboxylic acids is 1. The quantitative estimate of drug-likeness (QED) is 0.404. The average Bonchev–Trinajstić information content (AvgIpc) is 3.36. The summed E-state index contributed by atoms with van der Waals surface area (Å²) in [4.78, 5) is 23.2. The highest BCUT2D eigenvalue weighted by atomic mass is 19.1. The van der Waals surface area contributed by atoms with E-state index in [9.17, 15) is 9.18 Å². The number of carbonyl (C=O) groups is 1. The first kappa shape index (κ1) is 23.9. The number of hydrogen-bond acceptors (Lipinski definition) is 7. The van der Waals surface area contributed by atoms with Crippen molar-refractivity contribution in [3.8, 4) is 34.0 Å². The van der Waals surface area contributed by atoms with Gasteiger partial charge in [-0.05, 0) is 30.3 Å². The van der Waals surface area contributed by atoms with Gasteiger partial charge < -0.3 is 19.3 Å². The van der Waals surface area contributed by atoms with Crippen LogP contribution in [0, 0.1) is 5.82 Å². The molecule has 0 saturated carbocycles. The van der Waals surface area contributed by atoms with Crippen LogP contribution in [0.15, 0.2) is 48.7 Å². The van der Waals surface area contributed by atoms with Crippen LogP contribution in [0.1, 0.15) is 6.42 Å². The summed E-state index contributed by atoms with van der Waals surface area (Å²) in [6.07, 6.45) is 2.31. The third kappa shape index (κ3) is 4.24. The van der Waals surface area contributed by atoms with E-state index in [1.54, 1.807) is 18.3 Å². The Bertz CT molecular complexity index is 1570. The summed E-state index contributed by atoms with van der Waals surface area (Å²) < 4.78 is 27.3. The second-order valence-electron chi connectivity index (χ2n) is 10.4. The Morgan fingerprint density at radius 3 is 2.82 bits per heavy atom. The molecule has 4 bridgehead atoms. The summed E-state index contributed by atoms with van der Waals surface area (Å²) in [7, 11) is 1.88. The molecule has 1 amide bonds. The number of nitrogens with one attached hydrogen (secondary N) is 1. The molecule has 0 unspecified atom stereocenters. The van der Waals surface area contributed by atoms with Crippen LogP contribution in [-0.4, -0.2) is 89.9 Å². The van der Waals surface area contributed by atoms with E-state index in [4.69, 9.17) is 9.47 Å². The van der Waals surface area contributed by atoms with Gasteiger partial charge in [0.1, 0.15) is 23.0 Å². The van der Waals surface area contributed by atoms with Crippen LogP contribution in [0.25, 0.3) is 33.4 Å². The van der Waals surface area contributed by atoms with Crippen molar-refractivity contribution in [2.24, 2.45) is 0 Å². The number of piperazine rings is 2. The average molecular weight is 529 g/mol. The van der Waals surface area contributed by atoms with Gasteiger partial charge in [0.15, 0.2) is 0 Å². The van der Waals surface area contributed by atoms with Crippen LogP contribution in [-0.2, 0) is 4.79 Å². The van der Waals surface area contributed by atoms with Crippen molar-refractivity contribution in [1.82, 2.24) is 25.0 Å². The van der Waals surface area contributed by atoms with Gasteiger partial charge in [0.2, 0.25) is 5.91 Å². The third-order valence-corrected chi connectivity index (χ3v) is 7.91. The molecule has 2 fully saturated rings. The van der Waals surface area contributed by atoms with Gasteiger partial charge in [-0.25, -0.2) is 4.39 Å². The number of nitrogens with zero attached hydrogens (tertiary/aromatic N) is 5. The molecule has 1 atom stereocenters. The van der Waals surface area contributed by atoms with Crippen LogP contribution < -0.4 is 14.4 Å². The SMILES string of the molecule is CN1C[C@@H]2CN(c3ccc4cc3OCCCOc3cccc(F)c3-c3cc5c-4n[nH]c5cn3)CCN2CC1=O. The summed E-state index contributed by atoms with van der Waals surface area (Å²) in [5, 5.41) is 8.49. The third-order valence-electron chi connectivity index (χ3n) is 7.91. The second kappa shape index (κ2) is 9.53. The Balaban J connectivity index is 1.28. The Kier molecular flexibility index (Phi) is 5.84. The van der Waals surface area contributed by atoms with Gasteiger partial charge in [-0.3, -0.25) is 19.8 Å². The molecule has 39 heavy (non-hydrogen) atoms. The lowest BCUT2D eigenvalue weighted by Gasteiger charge is -2.46. The zero-order chi connectivity index (χ0) is 26.5. The van der Waals surface area contributed by atoms with E-state index in [-0.39, 0.29) is 17.8 Å². The van der Waals surface area contributed by atoms with Crippen molar-refractivity contribution >= 4 is 22.5 Å². The number of aromatic amines is 1. The number of rotatable bonds is 1. The maximum absolute atomic E-state index is 15.0. The molecule has 1 N–H and O–H groups in total. The number of H-pyrrole nitrogens is 1. The molecule has 9 nitrogen and oxygen atoms in total. The predicted molar refractivity (Wildman–Crippen MR) is 146 cm³/mol. The Morgan fingerprint density at radius 1 is 1.05 bits per heavy atom. The molecular formula is C29H29FN6O3. The molecule has 200 valence electrons. The van der Waals surface area contributed by atoms with Crippen molar-refractivity contribution < 1.29 is 18.7 Å². The number of amides is 1. The number of hydrogen-bond donors (Lipinski definition) is 1. The lowest BCUT2D eigenvalue weighted by molar-refractivity contribution is -0.137. The van der Waals surface area contributed by atoms with Crippen molar-refractivity contribution in [3.63, 3.8) is 0 Å². The zero-order valence-electron chi connectivity index (χ0n) is 21.7. The maximum Gasteiger partial charge on any atom is 0.236 e. The highest BCUT2D eigenvalue weighted by Gasteiger charge is 2.35. The van der Waals surface area contributed by atoms with E-state index >= 15 is 0 Å². The summed E-state index contributed by atoms with van der Waals surface area (Å²) in [5.41, 5.74) is 4.28. The molecule has 2 saturated heterocycles. The van der Waals surface area contributed by atoms with Gasteiger partial charge in [0.05, 0.1) is 48.4 Å². The van der Waals surface area contributed by atoms with E-state index in [1.807, 2.05) is 24.1 Å². The van der Waals surface area contributed by atoms with Crippen molar-refractivity contribution in [1.29, 1.82) is 0 Å². The van der Waals surface area contributed by atoms with Gasteiger partial charge in [0.25, 0.3) is 0 Å². The predicted octanol–water partition coefficient (Wildman–Crippen LogP) is 3.55. The highest BCUT2D eigenvalue weighted by molar-refractivity contribution is 5.95. The number of benzene rings is 2. The van der Waals surface area contributed by atoms with E-state index in [1.165, 1.54) is 6.07 Å². The first-order valence-electron chi connectivity index (χ1n) is 13.3. The Labute approximate surface area is 225 Å². The summed E-state index contributed by atoms with van der Waals surface area (Å²) in [6.45, 7) is 4.49. The molecule has 3 aliphatic heterocycles. The van der Waals surface area contributed by atoms with E-state index < -0.39 is 0 Å². The fourth-order valence-corrected chi connectivity index (χ4v) is 5.81. The first-order valence-corrected chi connectivity index (χ1v) is 13.3. The number of aromatic nitrogens is 3. The summed E-state index contributed by atoms with van der Waals surface area (Å²) in [5.74, 6) is 1.04. The molecule has 5 heterocycles. The Hall–Kier alpha value is -4.18. The molecule has 3 aliphatic rings. The van der Waals surface area contributed by atoms with Crippen molar-refractivity contribution in [3.05, 3.63) is 54.5 Å². The van der Waals surface area contributed by atoms with Gasteiger partial charge in [-0.2, -0.15) is 5.10 Å². The molecular weight excluding hydrogens is 499 g/mol. The van der Waals surface area contributed by atoms with Crippen molar-refractivity contribution in [2.75, 3.05) is 57.9 Å². The maximum atomic E-state index is 15.0. The second-order valence-corrected chi connectivity index (χ2v) is 10.4. The summed E-state index contributed by atoms with van der Waals surface area (Å²) >= 11 is 0. The van der Waals surface area contributed by atoms with E-state index in [2.05, 4.69) is 37.1 Å². The highest BCUT2D eigenvalue weighted by Crippen LogP contribution is 2.39. The standard InChI is InChI=1S/C29H29FN6O3/c1-34-15-19-16-36(9-8-35(19)17-27(34)37)24-7-6-18-12-26(24)39-11-3-10-38-25-5-2-4-21(30)28(25)22-13-20-23(14-31-22)32-33-29(18)20/h2,4-7,12-14,19H,3,8-11,15-17H2,1H3,(H,32,33)/t19-/m1/s1. The number of anilines is 1. The van der Waals surface area contributed by atoms with Crippen LogP contribution in [0.2, 0.25) is 0 Å². The van der Waals surface area contributed by atoms with Crippen LogP contribution >= 0.6 is 0 Å². The topological polar surface area (TPSA) is 86.8 Å². The molecule has 7 rings (SSSR count). The normalized spacial score (nSPS) is 19.7. The molecule has 0 radical (unpaired) electrons.